The van der Waals surface area contributed by atoms with Gasteiger partial charge in [0.1, 0.15) is 5.75 Å². The van der Waals surface area contributed by atoms with Crippen molar-refractivity contribution in [1.82, 2.24) is 5.32 Å². The third kappa shape index (κ3) is 2.19. The van der Waals surface area contributed by atoms with Crippen LogP contribution in [0.5, 0.6) is 5.75 Å². The molecule has 1 aromatic carbocycles. The summed E-state index contributed by atoms with van der Waals surface area (Å²) in [5.41, 5.74) is 2.84. The largest absolute Gasteiger partial charge is 0.493 e. The van der Waals surface area contributed by atoms with E-state index in [1.165, 1.54) is 30.4 Å². The lowest BCUT2D eigenvalue weighted by atomic mass is 9.87. The van der Waals surface area contributed by atoms with E-state index in [1.807, 2.05) is 0 Å². The lowest BCUT2D eigenvalue weighted by Gasteiger charge is -2.30. The van der Waals surface area contributed by atoms with Crippen molar-refractivity contribution >= 4 is 0 Å². The average Bonchev–Trinajstić information content (AvgIpc) is 2.86. The van der Waals surface area contributed by atoms with Gasteiger partial charge in [-0.15, -0.1) is 0 Å². The van der Waals surface area contributed by atoms with Crippen molar-refractivity contribution in [2.75, 3.05) is 13.2 Å². The molecule has 2 atom stereocenters. The van der Waals surface area contributed by atoms with E-state index >= 15 is 0 Å². The molecule has 0 spiro atoms. The highest BCUT2D eigenvalue weighted by molar-refractivity contribution is 5.40. The van der Waals surface area contributed by atoms with Gasteiger partial charge in [0.2, 0.25) is 0 Å². The Kier molecular flexibility index (Phi) is 3.06. The highest BCUT2D eigenvalue weighted by atomic mass is 16.5. The highest BCUT2D eigenvalue weighted by Crippen LogP contribution is 2.33. The van der Waals surface area contributed by atoms with Crippen LogP contribution in [0.25, 0.3) is 0 Å². The van der Waals surface area contributed by atoms with E-state index in [0.717, 1.165) is 31.2 Å². The first-order chi connectivity index (χ1) is 8.36. The molecule has 2 unspecified atom stereocenters. The Bertz CT molecular complexity index is 402. The maximum absolute atomic E-state index is 5.56. The number of nitrogens with one attached hydrogen (secondary N) is 1. The molecule has 3 rings (SSSR count). The molecule has 17 heavy (non-hydrogen) atoms. The summed E-state index contributed by atoms with van der Waals surface area (Å²) in [6.07, 6.45) is 5.01. The first kappa shape index (κ1) is 11.1. The van der Waals surface area contributed by atoms with Gasteiger partial charge in [0.15, 0.2) is 0 Å². The van der Waals surface area contributed by atoms with Crippen LogP contribution in [0.15, 0.2) is 18.2 Å². The van der Waals surface area contributed by atoms with Crippen LogP contribution in [-0.4, -0.2) is 13.2 Å². The summed E-state index contributed by atoms with van der Waals surface area (Å²) >= 11 is 0. The second-order valence-electron chi connectivity index (χ2n) is 5.27. The second kappa shape index (κ2) is 4.69. The van der Waals surface area contributed by atoms with Crippen LogP contribution in [0, 0.1) is 5.92 Å². The van der Waals surface area contributed by atoms with Gasteiger partial charge in [-0.3, -0.25) is 0 Å². The standard InChI is InChI=1S/C15H21NO/c1-2-11-5-7-16-14(9-11)12-3-4-15-13(10-12)6-8-17-15/h3-4,10-11,14,16H,2,5-9H2,1H3. The van der Waals surface area contributed by atoms with E-state index in [1.54, 1.807) is 0 Å². The summed E-state index contributed by atoms with van der Waals surface area (Å²) in [6, 6.07) is 7.28. The lowest BCUT2D eigenvalue weighted by molar-refractivity contribution is 0.299. The number of fused-ring (bicyclic) bond motifs is 1. The molecule has 2 aliphatic heterocycles. The minimum Gasteiger partial charge on any atom is -0.493 e. The summed E-state index contributed by atoms with van der Waals surface area (Å²) < 4.78 is 5.56. The molecule has 1 aromatic rings. The Balaban J connectivity index is 1.79. The monoisotopic (exact) mass is 231 g/mol. The highest BCUT2D eigenvalue weighted by Gasteiger charge is 2.23. The molecule has 0 amide bonds. The summed E-state index contributed by atoms with van der Waals surface area (Å²) in [5.74, 6) is 1.99. The van der Waals surface area contributed by atoms with E-state index in [-0.39, 0.29) is 0 Å². The van der Waals surface area contributed by atoms with Crippen LogP contribution in [0.4, 0.5) is 0 Å². The van der Waals surface area contributed by atoms with Gasteiger partial charge < -0.3 is 10.1 Å². The van der Waals surface area contributed by atoms with Crippen LogP contribution in [-0.2, 0) is 6.42 Å². The van der Waals surface area contributed by atoms with Crippen molar-refractivity contribution in [2.45, 2.75) is 38.6 Å². The molecule has 0 bridgehead atoms. The van der Waals surface area contributed by atoms with Gasteiger partial charge in [0, 0.05) is 12.5 Å². The number of hydrogen-bond donors (Lipinski definition) is 1. The Morgan fingerprint density at radius 3 is 3.24 bits per heavy atom. The molecular weight excluding hydrogens is 210 g/mol. The zero-order valence-electron chi connectivity index (χ0n) is 10.5. The fourth-order valence-electron chi connectivity index (χ4n) is 3.04. The van der Waals surface area contributed by atoms with Gasteiger partial charge in [-0.1, -0.05) is 25.5 Å². The Hall–Kier alpha value is -1.02. The molecule has 2 heterocycles. The van der Waals surface area contributed by atoms with Gasteiger partial charge in [-0.25, -0.2) is 0 Å². The molecule has 2 heteroatoms. The van der Waals surface area contributed by atoms with Gasteiger partial charge in [0.05, 0.1) is 6.61 Å². The van der Waals surface area contributed by atoms with Gasteiger partial charge in [-0.2, -0.15) is 0 Å². The third-order valence-electron chi connectivity index (χ3n) is 4.21. The fourth-order valence-corrected chi connectivity index (χ4v) is 3.04. The van der Waals surface area contributed by atoms with Crippen molar-refractivity contribution in [1.29, 1.82) is 0 Å². The molecule has 0 aliphatic carbocycles. The van der Waals surface area contributed by atoms with Gasteiger partial charge in [-0.05, 0) is 42.5 Å². The molecule has 1 saturated heterocycles. The summed E-state index contributed by atoms with van der Waals surface area (Å²) in [5, 5.41) is 3.65. The normalized spacial score (nSPS) is 27.6. The SMILES string of the molecule is CCC1CCNC(c2ccc3c(c2)CCO3)C1. The molecule has 0 aromatic heterocycles. The van der Waals surface area contributed by atoms with Crippen LogP contribution in [0.2, 0.25) is 0 Å². The quantitative estimate of drug-likeness (QED) is 0.844. The van der Waals surface area contributed by atoms with E-state index in [2.05, 4.69) is 30.4 Å². The summed E-state index contributed by atoms with van der Waals surface area (Å²) in [6.45, 7) is 4.33. The topological polar surface area (TPSA) is 21.3 Å². The molecule has 0 radical (unpaired) electrons. The maximum Gasteiger partial charge on any atom is 0.122 e. The van der Waals surface area contributed by atoms with Crippen LogP contribution in [0.3, 0.4) is 0 Å². The lowest BCUT2D eigenvalue weighted by Crippen LogP contribution is -2.31. The first-order valence-corrected chi connectivity index (χ1v) is 6.86. The van der Waals surface area contributed by atoms with Crippen molar-refractivity contribution in [2.24, 2.45) is 5.92 Å². The summed E-state index contributed by atoms with van der Waals surface area (Å²) in [7, 11) is 0. The number of benzene rings is 1. The number of rotatable bonds is 2. The van der Waals surface area contributed by atoms with Crippen LogP contribution in [0.1, 0.15) is 43.4 Å². The second-order valence-corrected chi connectivity index (χ2v) is 5.27. The predicted octanol–water partition coefficient (Wildman–Crippen LogP) is 3.07. The zero-order valence-corrected chi connectivity index (χ0v) is 10.5. The van der Waals surface area contributed by atoms with Crippen molar-refractivity contribution < 1.29 is 4.74 Å². The summed E-state index contributed by atoms with van der Waals surface area (Å²) in [4.78, 5) is 0. The molecule has 2 aliphatic rings. The van der Waals surface area contributed by atoms with E-state index in [9.17, 15) is 0 Å². The molecule has 1 N–H and O–H groups in total. The first-order valence-electron chi connectivity index (χ1n) is 6.86. The van der Waals surface area contributed by atoms with E-state index < -0.39 is 0 Å². The molecule has 92 valence electrons. The van der Waals surface area contributed by atoms with E-state index in [4.69, 9.17) is 4.74 Å². The minimum atomic E-state index is 0.555. The smallest absolute Gasteiger partial charge is 0.122 e. The Labute approximate surface area is 103 Å². The zero-order chi connectivity index (χ0) is 11.7. The predicted molar refractivity (Wildman–Crippen MR) is 69.4 cm³/mol. The van der Waals surface area contributed by atoms with Gasteiger partial charge in [0.25, 0.3) is 0 Å². The van der Waals surface area contributed by atoms with Crippen molar-refractivity contribution in [3.63, 3.8) is 0 Å². The molecular formula is C15H21NO. The third-order valence-corrected chi connectivity index (χ3v) is 4.21. The number of hydrogen-bond acceptors (Lipinski definition) is 2. The molecule has 1 fully saturated rings. The van der Waals surface area contributed by atoms with Crippen LogP contribution >= 0.6 is 0 Å². The number of piperidine rings is 1. The average molecular weight is 231 g/mol. The van der Waals surface area contributed by atoms with E-state index in [0.29, 0.717) is 6.04 Å². The minimum absolute atomic E-state index is 0.555. The molecule has 2 nitrogen and oxygen atoms in total. The maximum atomic E-state index is 5.56. The fraction of sp³-hybridized carbons (Fsp3) is 0.600. The van der Waals surface area contributed by atoms with Gasteiger partial charge >= 0.3 is 0 Å². The Morgan fingerprint density at radius 2 is 2.35 bits per heavy atom. The molecule has 0 saturated carbocycles. The number of ether oxygens (including phenoxy) is 1. The van der Waals surface area contributed by atoms with Crippen LogP contribution < -0.4 is 10.1 Å². The Morgan fingerprint density at radius 1 is 1.41 bits per heavy atom. The van der Waals surface area contributed by atoms with Crippen molar-refractivity contribution in [3.05, 3.63) is 29.3 Å². The van der Waals surface area contributed by atoms with Crippen molar-refractivity contribution in [3.8, 4) is 5.75 Å².